The van der Waals surface area contributed by atoms with Crippen molar-refractivity contribution < 1.29 is 19.1 Å². The molecule has 0 bridgehead atoms. The zero-order chi connectivity index (χ0) is 18.4. The van der Waals surface area contributed by atoms with E-state index >= 15 is 0 Å². The fourth-order valence-corrected chi connectivity index (χ4v) is 2.57. The van der Waals surface area contributed by atoms with Gasteiger partial charge < -0.3 is 10.0 Å². The van der Waals surface area contributed by atoms with E-state index in [1.54, 1.807) is 41.3 Å². The van der Waals surface area contributed by atoms with Crippen LogP contribution in [-0.2, 0) is 22.6 Å². The van der Waals surface area contributed by atoms with Crippen LogP contribution in [0.3, 0.4) is 0 Å². The molecule has 1 N–H and O–H groups in total. The molecule has 0 radical (unpaired) electrons. The number of anilines is 1. The van der Waals surface area contributed by atoms with Crippen LogP contribution in [-0.4, -0.2) is 17.0 Å². The number of amides is 1. The van der Waals surface area contributed by atoms with Gasteiger partial charge in [-0.3, -0.25) is 9.59 Å². The van der Waals surface area contributed by atoms with Crippen molar-refractivity contribution in [2.75, 3.05) is 4.90 Å². The lowest BCUT2D eigenvalue weighted by molar-refractivity contribution is -0.136. The summed E-state index contributed by atoms with van der Waals surface area (Å²) in [5, 5.41) is 8.85. The summed E-state index contributed by atoms with van der Waals surface area (Å²) in [6.45, 7) is 4.20. The Morgan fingerprint density at radius 2 is 1.76 bits per heavy atom. The number of hydrogen-bond donors (Lipinski definition) is 1. The summed E-state index contributed by atoms with van der Waals surface area (Å²) in [6.07, 6.45) is 0.316. The maximum Gasteiger partial charge on any atom is 0.307 e. The molecule has 2 rings (SSSR count). The lowest BCUT2D eigenvalue weighted by Crippen LogP contribution is -2.31. The number of benzene rings is 2. The second kappa shape index (κ2) is 8.42. The van der Waals surface area contributed by atoms with E-state index in [0.29, 0.717) is 23.2 Å². The van der Waals surface area contributed by atoms with Gasteiger partial charge in [0, 0.05) is 12.1 Å². The molecule has 0 aliphatic rings. The van der Waals surface area contributed by atoms with Crippen LogP contribution in [0.2, 0.25) is 0 Å². The van der Waals surface area contributed by atoms with Crippen molar-refractivity contribution in [1.82, 2.24) is 0 Å². The standard InChI is InChI=1S/C20H22FNO3/c1-14(2)10-19(23)22(13-16-4-3-5-17(21)11-16)18-8-6-15(7-9-18)12-20(24)25/h3-9,11,14H,10,12-13H2,1-2H3,(H,24,25). The molecule has 1 amide bonds. The summed E-state index contributed by atoms with van der Waals surface area (Å²) in [6, 6.07) is 13.0. The topological polar surface area (TPSA) is 57.6 Å². The van der Waals surface area contributed by atoms with E-state index in [4.69, 9.17) is 5.11 Å². The van der Waals surface area contributed by atoms with E-state index in [2.05, 4.69) is 0 Å². The molecule has 0 saturated heterocycles. The fraction of sp³-hybridized carbons (Fsp3) is 0.300. The van der Waals surface area contributed by atoms with Crippen LogP contribution < -0.4 is 4.90 Å². The third kappa shape index (κ3) is 5.71. The van der Waals surface area contributed by atoms with Gasteiger partial charge >= 0.3 is 5.97 Å². The van der Waals surface area contributed by atoms with Crippen LogP contribution in [0.15, 0.2) is 48.5 Å². The van der Waals surface area contributed by atoms with Gasteiger partial charge in [0.15, 0.2) is 0 Å². The number of carboxylic acid groups (broad SMARTS) is 1. The van der Waals surface area contributed by atoms with Crippen molar-refractivity contribution in [2.24, 2.45) is 5.92 Å². The van der Waals surface area contributed by atoms with E-state index in [-0.39, 0.29) is 30.6 Å². The Kier molecular flexibility index (Phi) is 6.28. The molecule has 0 spiro atoms. The quantitative estimate of drug-likeness (QED) is 0.826. The number of carbonyl (C=O) groups is 2. The second-order valence-corrected chi connectivity index (χ2v) is 6.44. The van der Waals surface area contributed by atoms with Crippen LogP contribution in [0, 0.1) is 11.7 Å². The lowest BCUT2D eigenvalue weighted by atomic mass is 10.1. The molecular formula is C20H22FNO3. The molecule has 4 nitrogen and oxygen atoms in total. The smallest absolute Gasteiger partial charge is 0.307 e. The third-order valence-electron chi connectivity index (χ3n) is 3.72. The zero-order valence-corrected chi connectivity index (χ0v) is 14.4. The van der Waals surface area contributed by atoms with E-state index < -0.39 is 5.97 Å². The lowest BCUT2D eigenvalue weighted by Gasteiger charge is -2.24. The monoisotopic (exact) mass is 343 g/mol. The number of nitrogens with zero attached hydrogens (tertiary/aromatic N) is 1. The molecule has 0 heterocycles. The Morgan fingerprint density at radius 3 is 2.32 bits per heavy atom. The average Bonchev–Trinajstić information content (AvgIpc) is 2.52. The van der Waals surface area contributed by atoms with Crippen molar-refractivity contribution >= 4 is 17.6 Å². The van der Waals surface area contributed by atoms with Gasteiger partial charge in [0.1, 0.15) is 5.82 Å². The fourth-order valence-electron chi connectivity index (χ4n) is 2.57. The van der Waals surface area contributed by atoms with Crippen molar-refractivity contribution in [3.05, 3.63) is 65.5 Å². The number of halogens is 1. The molecule has 25 heavy (non-hydrogen) atoms. The Labute approximate surface area is 146 Å². The highest BCUT2D eigenvalue weighted by Gasteiger charge is 2.18. The van der Waals surface area contributed by atoms with Gasteiger partial charge in [0.05, 0.1) is 13.0 Å². The second-order valence-electron chi connectivity index (χ2n) is 6.44. The van der Waals surface area contributed by atoms with Crippen LogP contribution in [0.1, 0.15) is 31.4 Å². The molecule has 0 aliphatic heterocycles. The summed E-state index contributed by atoms with van der Waals surface area (Å²) in [5.74, 6) is -1.09. The highest BCUT2D eigenvalue weighted by Crippen LogP contribution is 2.21. The highest BCUT2D eigenvalue weighted by atomic mass is 19.1. The first kappa shape index (κ1) is 18.6. The zero-order valence-electron chi connectivity index (χ0n) is 14.4. The first-order valence-corrected chi connectivity index (χ1v) is 8.20. The first-order chi connectivity index (χ1) is 11.8. The third-order valence-corrected chi connectivity index (χ3v) is 3.72. The minimum atomic E-state index is -0.903. The first-order valence-electron chi connectivity index (χ1n) is 8.20. The molecule has 132 valence electrons. The Hall–Kier alpha value is -2.69. The molecule has 0 saturated carbocycles. The number of aliphatic carboxylic acids is 1. The molecule has 0 fully saturated rings. The Balaban J connectivity index is 2.27. The summed E-state index contributed by atoms with van der Waals surface area (Å²) in [5.41, 5.74) is 2.04. The molecule has 5 heteroatoms. The summed E-state index contributed by atoms with van der Waals surface area (Å²) < 4.78 is 13.4. The highest BCUT2D eigenvalue weighted by molar-refractivity contribution is 5.93. The van der Waals surface area contributed by atoms with E-state index in [9.17, 15) is 14.0 Å². The van der Waals surface area contributed by atoms with Crippen LogP contribution in [0.4, 0.5) is 10.1 Å². The molecule has 0 aromatic heterocycles. The molecular weight excluding hydrogens is 321 g/mol. The van der Waals surface area contributed by atoms with Gasteiger partial charge in [-0.15, -0.1) is 0 Å². The minimum Gasteiger partial charge on any atom is -0.481 e. The van der Waals surface area contributed by atoms with Gasteiger partial charge in [0.2, 0.25) is 5.91 Å². The molecule has 2 aromatic carbocycles. The maximum absolute atomic E-state index is 13.4. The van der Waals surface area contributed by atoms with Gasteiger partial charge in [-0.25, -0.2) is 4.39 Å². The van der Waals surface area contributed by atoms with Crippen LogP contribution in [0.25, 0.3) is 0 Å². The summed E-state index contributed by atoms with van der Waals surface area (Å²) in [4.78, 5) is 25.0. The molecule has 2 aromatic rings. The normalized spacial score (nSPS) is 10.7. The van der Waals surface area contributed by atoms with Gasteiger partial charge in [-0.1, -0.05) is 38.1 Å². The maximum atomic E-state index is 13.4. The molecule has 0 unspecified atom stereocenters. The minimum absolute atomic E-state index is 0.0507. The Morgan fingerprint density at radius 1 is 1.08 bits per heavy atom. The van der Waals surface area contributed by atoms with Gasteiger partial charge in [-0.2, -0.15) is 0 Å². The van der Waals surface area contributed by atoms with E-state index in [0.717, 1.165) is 0 Å². The predicted molar refractivity (Wildman–Crippen MR) is 94.8 cm³/mol. The number of rotatable bonds is 7. The van der Waals surface area contributed by atoms with E-state index in [1.165, 1.54) is 12.1 Å². The van der Waals surface area contributed by atoms with Crippen LogP contribution >= 0.6 is 0 Å². The van der Waals surface area contributed by atoms with Crippen molar-refractivity contribution in [3.8, 4) is 0 Å². The van der Waals surface area contributed by atoms with Gasteiger partial charge in [0.25, 0.3) is 0 Å². The SMILES string of the molecule is CC(C)CC(=O)N(Cc1cccc(F)c1)c1ccc(CC(=O)O)cc1. The largest absolute Gasteiger partial charge is 0.481 e. The number of carbonyl (C=O) groups excluding carboxylic acids is 1. The van der Waals surface area contributed by atoms with Crippen molar-refractivity contribution in [1.29, 1.82) is 0 Å². The predicted octanol–water partition coefficient (Wildman–Crippen LogP) is 4.03. The van der Waals surface area contributed by atoms with Gasteiger partial charge in [-0.05, 0) is 41.3 Å². The Bertz CT molecular complexity index is 741. The van der Waals surface area contributed by atoms with E-state index in [1.807, 2.05) is 13.8 Å². The van der Waals surface area contributed by atoms with Crippen molar-refractivity contribution in [2.45, 2.75) is 33.2 Å². The van der Waals surface area contributed by atoms with Crippen molar-refractivity contribution in [3.63, 3.8) is 0 Å². The summed E-state index contributed by atoms with van der Waals surface area (Å²) in [7, 11) is 0. The number of carboxylic acids is 1. The summed E-state index contributed by atoms with van der Waals surface area (Å²) >= 11 is 0. The van der Waals surface area contributed by atoms with Crippen LogP contribution in [0.5, 0.6) is 0 Å². The molecule has 0 atom stereocenters. The number of hydrogen-bond acceptors (Lipinski definition) is 2. The molecule has 0 aliphatic carbocycles. The average molecular weight is 343 g/mol.